The maximum absolute atomic E-state index is 11.4. The van der Waals surface area contributed by atoms with Crippen molar-refractivity contribution in [1.29, 1.82) is 0 Å². The average molecular weight is 184 g/mol. The van der Waals surface area contributed by atoms with Crippen molar-refractivity contribution in [2.24, 2.45) is 11.7 Å². The Hall–Kier alpha value is -0.900. The maximum Gasteiger partial charge on any atom is 0.230 e. The van der Waals surface area contributed by atoms with Crippen molar-refractivity contribution in [2.75, 3.05) is 13.1 Å². The van der Waals surface area contributed by atoms with Crippen LogP contribution in [0.5, 0.6) is 0 Å². The van der Waals surface area contributed by atoms with Crippen LogP contribution in [-0.2, 0) is 9.59 Å². The molecule has 1 fully saturated rings. The van der Waals surface area contributed by atoms with Crippen molar-refractivity contribution >= 4 is 11.7 Å². The molecular weight excluding hydrogens is 168 g/mol. The van der Waals surface area contributed by atoms with E-state index in [1.165, 1.54) is 0 Å². The molecule has 13 heavy (non-hydrogen) atoms. The van der Waals surface area contributed by atoms with E-state index in [0.29, 0.717) is 25.9 Å². The number of hydrogen-bond donors (Lipinski definition) is 2. The van der Waals surface area contributed by atoms with E-state index in [4.69, 9.17) is 5.73 Å². The van der Waals surface area contributed by atoms with Crippen molar-refractivity contribution in [3.05, 3.63) is 0 Å². The lowest BCUT2D eigenvalue weighted by molar-refractivity contribution is -0.133. The molecule has 1 aliphatic heterocycles. The lowest BCUT2D eigenvalue weighted by Gasteiger charge is -2.10. The van der Waals surface area contributed by atoms with Crippen LogP contribution in [0.3, 0.4) is 0 Å². The van der Waals surface area contributed by atoms with E-state index < -0.39 is 5.92 Å². The van der Waals surface area contributed by atoms with Gasteiger partial charge in [-0.05, 0) is 19.4 Å². The molecule has 1 saturated heterocycles. The smallest absolute Gasteiger partial charge is 0.230 e. The second-order valence-corrected chi connectivity index (χ2v) is 3.34. The minimum absolute atomic E-state index is 0.0121. The Morgan fingerprint density at radius 1 is 1.54 bits per heavy atom. The Morgan fingerprint density at radius 3 is 3.00 bits per heavy atom. The Labute approximate surface area is 77.9 Å². The molecule has 1 heterocycles. The molecule has 1 unspecified atom stereocenters. The quantitative estimate of drug-likeness (QED) is 0.598. The van der Waals surface area contributed by atoms with Crippen LogP contribution in [0.1, 0.15) is 25.7 Å². The molecule has 0 aromatic carbocycles. The number of carbonyl (C=O) groups excluding carboxylic acids is 2. The molecule has 0 bridgehead atoms. The number of carbonyl (C=O) groups is 2. The van der Waals surface area contributed by atoms with Gasteiger partial charge in [-0.15, -0.1) is 0 Å². The molecular formula is C9H16N2O2. The first-order valence-electron chi connectivity index (χ1n) is 4.76. The first kappa shape index (κ1) is 10.2. The van der Waals surface area contributed by atoms with Crippen LogP contribution in [0, 0.1) is 5.92 Å². The van der Waals surface area contributed by atoms with Crippen LogP contribution in [0.2, 0.25) is 0 Å². The summed E-state index contributed by atoms with van der Waals surface area (Å²) in [6.45, 7) is 1.04. The van der Waals surface area contributed by atoms with Crippen molar-refractivity contribution < 1.29 is 9.59 Å². The van der Waals surface area contributed by atoms with Gasteiger partial charge in [-0.25, -0.2) is 0 Å². The van der Waals surface area contributed by atoms with E-state index in [1.807, 2.05) is 0 Å². The largest absolute Gasteiger partial charge is 0.355 e. The van der Waals surface area contributed by atoms with E-state index in [9.17, 15) is 9.59 Å². The van der Waals surface area contributed by atoms with E-state index in [2.05, 4.69) is 5.32 Å². The maximum atomic E-state index is 11.4. The summed E-state index contributed by atoms with van der Waals surface area (Å²) in [5.74, 6) is -0.566. The zero-order valence-corrected chi connectivity index (χ0v) is 7.71. The van der Waals surface area contributed by atoms with Crippen molar-refractivity contribution in [1.82, 2.24) is 5.32 Å². The summed E-state index contributed by atoms with van der Waals surface area (Å²) in [5, 5.41) is 2.73. The number of rotatable bonds is 3. The van der Waals surface area contributed by atoms with Gasteiger partial charge in [0.15, 0.2) is 0 Å². The molecule has 0 aromatic heterocycles. The van der Waals surface area contributed by atoms with Crippen LogP contribution in [0.25, 0.3) is 0 Å². The number of Topliss-reactive ketones (excluding diaryl/α,β-unsaturated/α-hetero) is 1. The van der Waals surface area contributed by atoms with E-state index in [0.717, 1.165) is 12.8 Å². The van der Waals surface area contributed by atoms with Gasteiger partial charge in [-0.3, -0.25) is 9.59 Å². The first-order chi connectivity index (χ1) is 6.25. The number of hydrogen-bond acceptors (Lipinski definition) is 3. The molecule has 1 rings (SSSR count). The molecule has 4 heteroatoms. The third-order valence-corrected chi connectivity index (χ3v) is 2.31. The van der Waals surface area contributed by atoms with Gasteiger partial charge < -0.3 is 11.1 Å². The van der Waals surface area contributed by atoms with Crippen molar-refractivity contribution in [3.8, 4) is 0 Å². The lowest BCUT2D eigenvalue weighted by atomic mass is 9.96. The van der Waals surface area contributed by atoms with Gasteiger partial charge in [-0.1, -0.05) is 6.42 Å². The van der Waals surface area contributed by atoms with Gasteiger partial charge in [0.2, 0.25) is 5.91 Å². The van der Waals surface area contributed by atoms with Gasteiger partial charge in [0.05, 0.1) is 5.92 Å². The topological polar surface area (TPSA) is 72.2 Å². The third-order valence-electron chi connectivity index (χ3n) is 2.31. The Kier molecular flexibility index (Phi) is 3.89. The fraction of sp³-hybridized carbons (Fsp3) is 0.778. The van der Waals surface area contributed by atoms with Crippen LogP contribution < -0.4 is 11.1 Å². The number of nitrogens with two attached hydrogens (primary N) is 1. The molecule has 0 radical (unpaired) electrons. The van der Waals surface area contributed by atoms with Gasteiger partial charge >= 0.3 is 0 Å². The van der Waals surface area contributed by atoms with E-state index in [1.54, 1.807) is 0 Å². The molecule has 74 valence electrons. The second-order valence-electron chi connectivity index (χ2n) is 3.34. The highest BCUT2D eigenvalue weighted by Crippen LogP contribution is 2.14. The fourth-order valence-electron chi connectivity index (χ4n) is 1.56. The summed E-state index contributed by atoms with van der Waals surface area (Å²) >= 11 is 0. The standard InChI is InChI=1S/C9H16N2O2/c10-5-4-8(12)7-3-1-2-6-11-9(7)13/h7H,1-6,10H2,(H,11,13). The molecule has 3 N–H and O–H groups in total. The molecule has 0 aliphatic carbocycles. The molecule has 1 aliphatic rings. The third kappa shape index (κ3) is 2.81. The number of ketones is 1. The monoisotopic (exact) mass is 184 g/mol. The Bertz CT molecular complexity index is 204. The van der Waals surface area contributed by atoms with Crippen LogP contribution >= 0.6 is 0 Å². The molecule has 1 atom stereocenters. The number of amides is 1. The SMILES string of the molecule is NCCC(=O)C1CCCCNC1=O. The molecule has 0 saturated carbocycles. The molecule has 1 amide bonds. The minimum Gasteiger partial charge on any atom is -0.355 e. The lowest BCUT2D eigenvalue weighted by Crippen LogP contribution is -2.34. The summed E-state index contributed by atoms with van der Waals surface area (Å²) in [4.78, 5) is 22.8. The number of nitrogens with one attached hydrogen (secondary N) is 1. The first-order valence-corrected chi connectivity index (χ1v) is 4.76. The fourth-order valence-corrected chi connectivity index (χ4v) is 1.56. The van der Waals surface area contributed by atoms with Crippen molar-refractivity contribution in [2.45, 2.75) is 25.7 Å². The molecule has 0 spiro atoms. The Morgan fingerprint density at radius 2 is 2.31 bits per heavy atom. The van der Waals surface area contributed by atoms with Gasteiger partial charge in [0, 0.05) is 13.0 Å². The highest BCUT2D eigenvalue weighted by atomic mass is 16.2. The zero-order valence-electron chi connectivity index (χ0n) is 7.71. The zero-order chi connectivity index (χ0) is 9.68. The summed E-state index contributed by atoms with van der Waals surface area (Å²) in [5.41, 5.74) is 5.27. The predicted molar refractivity (Wildman–Crippen MR) is 49.0 cm³/mol. The van der Waals surface area contributed by atoms with Crippen molar-refractivity contribution in [3.63, 3.8) is 0 Å². The summed E-state index contributed by atoms with van der Waals surface area (Å²) < 4.78 is 0. The van der Waals surface area contributed by atoms with Gasteiger partial charge in [0.1, 0.15) is 5.78 Å². The van der Waals surface area contributed by atoms with Crippen LogP contribution in [0.15, 0.2) is 0 Å². The Balaban J connectivity index is 2.53. The molecule has 0 aromatic rings. The predicted octanol–water partition coefficient (Wildman–Crippen LogP) is -0.179. The minimum atomic E-state index is -0.439. The highest BCUT2D eigenvalue weighted by Gasteiger charge is 2.26. The summed E-state index contributed by atoms with van der Waals surface area (Å²) in [7, 11) is 0. The summed E-state index contributed by atoms with van der Waals surface area (Å²) in [6, 6.07) is 0. The average Bonchev–Trinajstić information content (AvgIpc) is 2.30. The van der Waals surface area contributed by atoms with Gasteiger partial charge in [-0.2, -0.15) is 0 Å². The van der Waals surface area contributed by atoms with E-state index in [-0.39, 0.29) is 11.7 Å². The second kappa shape index (κ2) is 4.97. The normalized spacial score (nSPS) is 23.5. The van der Waals surface area contributed by atoms with Crippen LogP contribution in [-0.4, -0.2) is 24.8 Å². The van der Waals surface area contributed by atoms with E-state index >= 15 is 0 Å². The van der Waals surface area contributed by atoms with Gasteiger partial charge in [0.25, 0.3) is 0 Å². The molecule has 4 nitrogen and oxygen atoms in total. The van der Waals surface area contributed by atoms with Crippen LogP contribution in [0.4, 0.5) is 0 Å². The highest BCUT2D eigenvalue weighted by molar-refractivity contribution is 6.01. The summed E-state index contributed by atoms with van der Waals surface area (Å²) in [6.07, 6.45) is 2.92.